The molecule has 0 saturated heterocycles. The molecule has 81 valence electrons. The fourth-order valence-corrected chi connectivity index (χ4v) is 1.14. The third kappa shape index (κ3) is 2.87. The lowest BCUT2D eigenvalue weighted by atomic mass is 10.2. The highest BCUT2D eigenvalue weighted by Gasteiger charge is 2.05. The summed E-state index contributed by atoms with van der Waals surface area (Å²) in [7, 11) is 3.11. The molecule has 1 amide bonds. The second-order valence-electron chi connectivity index (χ2n) is 2.87. The van der Waals surface area contributed by atoms with Crippen molar-refractivity contribution < 1.29 is 14.3 Å². The Morgan fingerprint density at radius 1 is 1.33 bits per heavy atom. The summed E-state index contributed by atoms with van der Waals surface area (Å²) in [4.78, 5) is 11.1. The van der Waals surface area contributed by atoms with Crippen LogP contribution in [0.4, 0.5) is 5.69 Å². The molecular weight excluding hydrogens is 194 g/mol. The van der Waals surface area contributed by atoms with Crippen LogP contribution in [0, 0.1) is 6.92 Å². The van der Waals surface area contributed by atoms with Gasteiger partial charge >= 0.3 is 0 Å². The summed E-state index contributed by atoms with van der Waals surface area (Å²) in [5, 5.41) is 2.68. The van der Waals surface area contributed by atoms with Gasteiger partial charge in [0, 0.05) is 18.2 Å². The Bertz CT molecular complexity index is 350. The molecule has 0 bridgehead atoms. The molecule has 4 nitrogen and oxygen atoms in total. The highest BCUT2D eigenvalue weighted by Crippen LogP contribution is 2.29. The van der Waals surface area contributed by atoms with E-state index in [4.69, 9.17) is 9.47 Å². The summed E-state index contributed by atoms with van der Waals surface area (Å²) in [5.74, 6) is 1.08. The zero-order valence-corrected chi connectivity index (χ0v) is 8.87. The first-order valence-electron chi connectivity index (χ1n) is 4.52. The zero-order valence-electron chi connectivity index (χ0n) is 8.87. The van der Waals surface area contributed by atoms with Crippen molar-refractivity contribution in [3.05, 3.63) is 25.1 Å². The molecule has 0 fully saturated rings. The number of methoxy groups -OCH3 is 2. The first-order valence-corrected chi connectivity index (χ1v) is 4.52. The van der Waals surface area contributed by atoms with E-state index in [-0.39, 0.29) is 12.3 Å². The predicted molar refractivity (Wildman–Crippen MR) is 58.1 cm³/mol. The molecule has 1 aromatic rings. The van der Waals surface area contributed by atoms with Gasteiger partial charge in [0.05, 0.1) is 14.2 Å². The fourth-order valence-electron chi connectivity index (χ4n) is 1.14. The molecule has 0 unspecified atom stereocenters. The molecular formula is C11H14NO3. The highest BCUT2D eigenvalue weighted by atomic mass is 16.5. The number of hydrogen-bond donors (Lipinski definition) is 1. The quantitative estimate of drug-likeness (QED) is 0.821. The summed E-state index contributed by atoms with van der Waals surface area (Å²) >= 11 is 0. The Kier molecular flexibility index (Phi) is 3.97. The van der Waals surface area contributed by atoms with E-state index >= 15 is 0 Å². The van der Waals surface area contributed by atoms with Crippen LogP contribution in [0.3, 0.4) is 0 Å². The van der Waals surface area contributed by atoms with Gasteiger partial charge in [-0.25, -0.2) is 0 Å². The molecule has 15 heavy (non-hydrogen) atoms. The third-order valence-corrected chi connectivity index (χ3v) is 1.89. The number of carbonyl (C=O) groups excluding carboxylic acids is 1. The SMILES string of the molecule is [CH2]CC(=O)Nc1ccc(OC)c(OC)c1. The summed E-state index contributed by atoms with van der Waals surface area (Å²) < 4.78 is 10.2. The number of nitrogens with one attached hydrogen (secondary N) is 1. The van der Waals surface area contributed by atoms with Crippen molar-refractivity contribution in [2.24, 2.45) is 0 Å². The molecule has 0 aromatic heterocycles. The van der Waals surface area contributed by atoms with E-state index in [0.717, 1.165) is 0 Å². The third-order valence-electron chi connectivity index (χ3n) is 1.89. The van der Waals surface area contributed by atoms with Gasteiger partial charge in [-0.2, -0.15) is 0 Å². The van der Waals surface area contributed by atoms with Crippen LogP contribution in [0.2, 0.25) is 0 Å². The largest absolute Gasteiger partial charge is 0.493 e. The summed E-state index contributed by atoms with van der Waals surface area (Å²) in [5.41, 5.74) is 0.668. The number of anilines is 1. The molecule has 1 N–H and O–H groups in total. The molecule has 1 rings (SSSR count). The molecule has 0 spiro atoms. The van der Waals surface area contributed by atoms with Gasteiger partial charge in [0.2, 0.25) is 5.91 Å². The molecule has 4 heteroatoms. The van der Waals surface area contributed by atoms with Gasteiger partial charge in [-0.3, -0.25) is 4.79 Å². The van der Waals surface area contributed by atoms with Crippen molar-refractivity contribution >= 4 is 11.6 Å². The van der Waals surface area contributed by atoms with E-state index in [1.165, 1.54) is 0 Å². The van der Waals surface area contributed by atoms with Gasteiger partial charge in [0.1, 0.15) is 0 Å². The first kappa shape index (κ1) is 11.4. The molecule has 0 aliphatic heterocycles. The van der Waals surface area contributed by atoms with Crippen LogP contribution < -0.4 is 14.8 Å². The van der Waals surface area contributed by atoms with Crippen LogP contribution in [0.25, 0.3) is 0 Å². The van der Waals surface area contributed by atoms with Crippen LogP contribution >= 0.6 is 0 Å². The number of hydrogen-bond acceptors (Lipinski definition) is 3. The average molecular weight is 208 g/mol. The normalized spacial score (nSPS) is 9.53. The molecule has 1 radical (unpaired) electrons. The average Bonchev–Trinajstić information content (AvgIpc) is 2.28. The molecule has 0 aliphatic rings. The van der Waals surface area contributed by atoms with E-state index < -0.39 is 0 Å². The van der Waals surface area contributed by atoms with Crippen LogP contribution in [0.1, 0.15) is 6.42 Å². The van der Waals surface area contributed by atoms with E-state index in [1.54, 1.807) is 32.4 Å². The highest BCUT2D eigenvalue weighted by molar-refractivity contribution is 5.91. The summed E-state index contributed by atoms with van der Waals surface area (Å²) in [6.07, 6.45) is 0.203. The van der Waals surface area contributed by atoms with Gasteiger partial charge in [0.15, 0.2) is 11.5 Å². The lowest BCUT2D eigenvalue weighted by Crippen LogP contribution is -2.09. The predicted octanol–water partition coefficient (Wildman–Crippen LogP) is 1.87. The molecule has 1 aromatic carbocycles. The Morgan fingerprint density at radius 3 is 2.53 bits per heavy atom. The Labute approximate surface area is 89.2 Å². The van der Waals surface area contributed by atoms with Crippen molar-refractivity contribution in [1.82, 2.24) is 0 Å². The number of carbonyl (C=O) groups is 1. The second kappa shape index (κ2) is 5.24. The van der Waals surface area contributed by atoms with Crippen LogP contribution in [-0.2, 0) is 4.79 Å². The van der Waals surface area contributed by atoms with Crippen LogP contribution in [0.5, 0.6) is 11.5 Å². The minimum Gasteiger partial charge on any atom is -0.493 e. The van der Waals surface area contributed by atoms with Crippen LogP contribution in [0.15, 0.2) is 18.2 Å². The maximum atomic E-state index is 11.1. The Hall–Kier alpha value is -1.71. The summed E-state index contributed by atoms with van der Waals surface area (Å²) in [6.45, 7) is 3.49. The van der Waals surface area contributed by atoms with Crippen LogP contribution in [-0.4, -0.2) is 20.1 Å². The number of benzene rings is 1. The zero-order chi connectivity index (χ0) is 11.3. The topological polar surface area (TPSA) is 47.6 Å². The first-order chi connectivity index (χ1) is 7.21. The van der Waals surface area contributed by atoms with E-state index in [0.29, 0.717) is 17.2 Å². The minimum absolute atomic E-state index is 0.137. The van der Waals surface area contributed by atoms with E-state index in [9.17, 15) is 4.79 Å². The Morgan fingerprint density at radius 2 is 2.00 bits per heavy atom. The minimum atomic E-state index is -0.137. The van der Waals surface area contributed by atoms with Gasteiger partial charge < -0.3 is 14.8 Å². The van der Waals surface area contributed by atoms with E-state index in [1.807, 2.05) is 0 Å². The van der Waals surface area contributed by atoms with Crippen molar-refractivity contribution in [3.8, 4) is 11.5 Å². The number of ether oxygens (including phenoxy) is 2. The fraction of sp³-hybridized carbons (Fsp3) is 0.273. The standard InChI is InChI=1S/C11H14NO3/c1-4-11(13)12-8-5-6-9(14-2)10(7-8)15-3/h5-7H,1,4H2,2-3H3,(H,12,13). The Balaban J connectivity index is 2.88. The maximum absolute atomic E-state index is 11.1. The number of amides is 1. The molecule has 0 aliphatic carbocycles. The molecule has 0 saturated carbocycles. The van der Waals surface area contributed by atoms with Crippen molar-refractivity contribution in [2.75, 3.05) is 19.5 Å². The summed E-state index contributed by atoms with van der Waals surface area (Å²) in [6, 6.07) is 5.18. The second-order valence-corrected chi connectivity index (χ2v) is 2.87. The lowest BCUT2D eigenvalue weighted by Gasteiger charge is -2.09. The van der Waals surface area contributed by atoms with Crippen molar-refractivity contribution in [3.63, 3.8) is 0 Å². The number of rotatable bonds is 4. The van der Waals surface area contributed by atoms with Gasteiger partial charge in [0.25, 0.3) is 0 Å². The van der Waals surface area contributed by atoms with Crippen molar-refractivity contribution in [2.45, 2.75) is 6.42 Å². The molecule has 0 atom stereocenters. The lowest BCUT2D eigenvalue weighted by molar-refractivity contribution is -0.115. The van der Waals surface area contributed by atoms with Gasteiger partial charge in [-0.05, 0) is 19.1 Å². The van der Waals surface area contributed by atoms with Gasteiger partial charge in [-0.1, -0.05) is 0 Å². The maximum Gasteiger partial charge on any atom is 0.224 e. The van der Waals surface area contributed by atoms with E-state index in [2.05, 4.69) is 12.2 Å². The monoisotopic (exact) mass is 208 g/mol. The molecule has 0 heterocycles. The smallest absolute Gasteiger partial charge is 0.224 e. The van der Waals surface area contributed by atoms with Gasteiger partial charge in [-0.15, -0.1) is 0 Å². The van der Waals surface area contributed by atoms with Crippen molar-refractivity contribution in [1.29, 1.82) is 0 Å².